The largest absolute Gasteiger partial charge is 0.297 e. The molecule has 0 spiro atoms. The second-order valence-corrected chi connectivity index (χ2v) is 6.28. The summed E-state index contributed by atoms with van der Waals surface area (Å²) < 4.78 is 29.3. The molecule has 0 N–H and O–H groups in total. The van der Waals surface area contributed by atoms with Crippen LogP contribution in [0.2, 0.25) is 0 Å². The Labute approximate surface area is 126 Å². The van der Waals surface area contributed by atoms with Crippen LogP contribution in [0.1, 0.15) is 5.56 Å². The van der Waals surface area contributed by atoms with E-state index in [1.54, 1.807) is 18.2 Å². The van der Waals surface area contributed by atoms with Crippen LogP contribution < -0.4 is 0 Å². The monoisotopic (exact) mass is 350 g/mol. The molecular formula is C15H11BrO3S. The van der Waals surface area contributed by atoms with Crippen LogP contribution in [-0.2, 0) is 14.3 Å². The SMILES string of the molecule is O=S(=O)(OCC#Cc1ccccc1Br)c1ccccc1. The molecule has 0 aliphatic carbocycles. The van der Waals surface area contributed by atoms with Crippen LogP contribution in [-0.4, -0.2) is 15.0 Å². The van der Waals surface area contributed by atoms with Crippen molar-refractivity contribution in [3.63, 3.8) is 0 Å². The Morgan fingerprint density at radius 1 is 1.00 bits per heavy atom. The van der Waals surface area contributed by atoms with Gasteiger partial charge in [-0.25, -0.2) is 0 Å². The van der Waals surface area contributed by atoms with Gasteiger partial charge in [0.1, 0.15) is 6.61 Å². The van der Waals surface area contributed by atoms with Crippen molar-refractivity contribution in [1.29, 1.82) is 0 Å². The fourth-order valence-corrected chi connectivity index (χ4v) is 2.68. The van der Waals surface area contributed by atoms with Crippen molar-refractivity contribution < 1.29 is 12.6 Å². The van der Waals surface area contributed by atoms with Crippen LogP contribution in [0.5, 0.6) is 0 Å². The predicted octanol–water partition coefficient (Wildman–Crippen LogP) is 3.21. The van der Waals surface area contributed by atoms with Crippen LogP contribution in [0, 0.1) is 11.8 Å². The van der Waals surface area contributed by atoms with E-state index in [0.717, 1.165) is 10.0 Å². The van der Waals surface area contributed by atoms with Gasteiger partial charge >= 0.3 is 0 Å². The van der Waals surface area contributed by atoms with Gasteiger partial charge < -0.3 is 0 Å². The maximum atomic E-state index is 11.8. The minimum atomic E-state index is -3.74. The minimum absolute atomic E-state index is 0.127. The molecular weight excluding hydrogens is 340 g/mol. The highest BCUT2D eigenvalue weighted by Crippen LogP contribution is 2.14. The fraction of sp³-hybridized carbons (Fsp3) is 0.0667. The summed E-state index contributed by atoms with van der Waals surface area (Å²) in [5.74, 6) is 5.54. The average Bonchev–Trinajstić information content (AvgIpc) is 2.46. The number of halogens is 1. The van der Waals surface area contributed by atoms with Crippen molar-refractivity contribution in [2.45, 2.75) is 4.90 Å². The summed E-state index contributed by atoms with van der Waals surface area (Å²) in [6.07, 6.45) is 0. The van der Waals surface area contributed by atoms with Crippen LogP contribution in [0.3, 0.4) is 0 Å². The topological polar surface area (TPSA) is 43.4 Å². The lowest BCUT2D eigenvalue weighted by molar-refractivity contribution is 0.363. The lowest BCUT2D eigenvalue weighted by Gasteiger charge is -2.01. The zero-order valence-electron chi connectivity index (χ0n) is 10.4. The third kappa shape index (κ3) is 3.94. The standard InChI is InChI=1S/C15H11BrO3S/c16-15-11-5-4-7-13(15)8-6-12-19-20(17,18)14-9-2-1-3-10-14/h1-5,7,9-11H,12H2. The maximum absolute atomic E-state index is 11.8. The van der Waals surface area contributed by atoms with Crippen LogP contribution in [0.4, 0.5) is 0 Å². The van der Waals surface area contributed by atoms with Crippen molar-refractivity contribution in [3.8, 4) is 11.8 Å². The molecule has 5 heteroatoms. The molecule has 0 saturated carbocycles. The van der Waals surface area contributed by atoms with Crippen LogP contribution >= 0.6 is 15.9 Å². The Hall–Kier alpha value is -1.61. The zero-order valence-corrected chi connectivity index (χ0v) is 12.8. The van der Waals surface area contributed by atoms with Crippen molar-refractivity contribution >= 4 is 26.0 Å². The molecule has 0 bridgehead atoms. The minimum Gasteiger partial charge on any atom is -0.253 e. The van der Waals surface area contributed by atoms with E-state index in [1.165, 1.54) is 12.1 Å². The molecule has 0 radical (unpaired) electrons. The fourth-order valence-electron chi connectivity index (χ4n) is 1.46. The second-order valence-electron chi connectivity index (χ2n) is 3.81. The first-order chi connectivity index (χ1) is 9.59. The zero-order chi connectivity index (χ0) is 14.4. The second kappa shape index (κ2) is 6.71. The van der Waals surface area contributed by atoms with Gasteiger partial charge in [0, 0.05) is 10.0 Å². The molecule has 2 rings (SSSR count). The molecule has 0 amide bonds. The van der Waals surface area contributed by atoms with Gasteiger partial charge in [-0.3, -0.25) is 4.18 Å². The molecule has 0 saturated heterocycles. The van der Waals surface area contributed by atoms with E-state index in [4.69, 9.17) is 4.18 Å². The van der Waals surface area contributed by atoms with Crippen LogP contribution in [0.15, 0.2) is 64.0 Å². The van der Waals surface area contributed by atoms with Gasteiger partial charge in [-0.2, -0.15) is 8.42 Å². The molecule has 0 atom stereocenters. The third-order valence-electron chi connectivity index (χ3n) is 2.42. The molecule has 0 heterocycles. The van der Waals surface area contributed by atoms with Crippen molar-refractivity contribution in [2.75, 3.05) is 6.61 Å². The van der Waals surface area contributed by atoms with Gasteiger partial charge in [-0.15, -0.1) is 0 Å². The first kappa shape index (κ1) is 14.8. The Morgan fingerprint density at radius 3 is 2.35 bits per heavy atom. The summed E-state index contributed by atoms with van der Waals surface area (Å²) in [5, 5.41) is 0. The van der Waals surface area contributed by atoms with Gasteiger partial charge in [-0.1, -0.05) is 42.2 Å². The number of rotatable bonds is 3. The highest BCUT2D eigenvalue weighted by Gasteiger charge is 2.12. The van der Waals surface area contributed by atoms with Gasteiger partial charge in [0.15, 0.2) is 0 Å². The summed E-state index contributed by atoms with van der Waals surface area (Å²) in [4.78, 5) is 0.127. The molecule has 0 fully saturated rings. The van der Waals surface area contributed by atoms with Crippen molar-refractivity contribution in [1.82, 2.24) is 0 Å². The Kier molecular flexibility index (Phi) is 4.96. The lowest BCUT2D eigenvalue weighted by Crippen LogP contribution is -2.06. The first-order valence-corrected chi connectivity index (χ1v) is 7.97. The summed E-state index contributed by atoms with van der Waals surface area (Å²) in [6.45, 7) is -0.182. The Bertz CT molecular complexity index is 743. The molecule has 3 nitrogen and oxygen atoms in total. The van der Waals surface area contributed by atoms with Crippen molar-refractivity contribution in [3.05, 3.63) is 64.6 Å². The van der Waals surface area contributed by atoms with E-state index in [-0.39, 0.29) is 11.5 Å². The third-order valence-corrected chi connectivity index (χ3v) is 4.38. The highest BCUT2D eigenvalue weighted by molar-refractivity contribution is 9.10. The molecule has 2 aromatic rings. The molecule has 20 heavy (non-hydrogen) atoms. The van der Waals surface area contributed by atoms with Gasteiger partial charge in [0.05, 0.1) is 4.90 Å². The predicted molar refractivity (Wildman–Crippen MR) is 80.6 cm³/mol. The summed E-state index contributed by atoms with van der Waals surface area (Å²) in [5.41, 5.74) is 0.785. The lowest BCUT2D eigenvalue weighted by atomic mass is 10.2. The summed E-state index contributed by atoms with van der Waals surface area (Å²) >= 11 is 3.36. The number of hydrogen-bond donors (Lipinski definition) is 0. The van der Waals surface area contributed by atoms with Gasteiger partial charge in [-0.05, 0) is 40.2 Å². The molecule has 0 unspecified atom stereocenters. The van der Waals surface area contributed by atoms with Gasteiger partial charge in [0.2, 0.25) is 0 Å². The first-order valence-electron chi connectivity index (χ1n) is 5.77. The molecule has 0 aliphatic heterocycles. The smallest absolute Gasteiger partial charge is 0.253 e. The van der Waals surface area contributed by atoms with E-state index in [2.05, 4.69) is 27.8 Å². The highest BCUT2D eigenvalue weighted by atomic mass is 79.9. The molecule has 0 aliphatic rings. The Morgan fingerprint density at radius 2 is 1.65 bits per heavy atom. The Balaban J connectivity index is 2.03. The van der Waals surface area contributed by atoms with E-state index in [1.807, 2.05) is 24.3 Å². The van der Waals surface area contributed by atoms with E-state index in [9.17, 15) is 8.42 Å². The van der Waals surface area contributed by atoms with Gasteiger partial charge in [0.25, 0.3) is 10.1 Å². The van der Waals surface area contributed by atoms with Crippen LogP contribution in [0.25, 0.3) is 0 Å². The summed E-state index contributed by atoms with van der Waals surface area (Å²) in [6, 6.07) is 15.4. The van der Waals surface area contributed by atoms with E-state index >= 15 is 0 Å². The van der Waals surface area contributed by atoms with Crippen molar-refractivity contribution in [2.24, 2.45) is 0 Å². The molecule has 102 valence electrons. The number of hydrogen-bond acceptors (Lipinski definition) is 3. The normalized spacial score (nSPS) is 10.7. The average molecular weight is 351 g/mol. The molecule has 2 aromatic carbocycles. The summed E-state index contributed by atoms with van der Waals surface area (Å²) in [7, 11) is -3.74. The maximum Gasteiger partial charge on any atom is 0.297 e. The number of benzene rings is 2. The van der Waals surface area contributed by atoms with E-state index < -0.39 is 10.1 Å². The van der Waals surface area contributed by atoms with E-state index in [0.29, 0.717) is 0 Å². The quantitative estimate of drug-likeness (QED) is 0.630. The molecule has 0 aromatic heterocycles.